The minimum atomic E-state index is -1.19. The standard InChI is InChI=1S/C25H25FN2O4/c1-31-23-9-8-20(14-24(23)32-22-6-2-3-7-22)28(16-17-5-4-10-27-15-17)21-12-18(25(29)30)11-19(26)13-21/h4-5,8-15,22H,2-3,6-7,16H2,1H3,(H,29,30). The van der Waals surface area contributed by atoms with Gasteiger partial charge in [-0.25, -0.2) is 9.18 Å². The second kappa shape index (κ2) is 9.68. The van der Waals surface area contributed by atoms with E-state index in [-0.39, 0.29) is 11.7 Å². The first-order valence-corrected chi connectivity index (χ1v) is 10.6. The Kier molecular flexibility index (Phi) is 6.54. The van der Waals surface area contributed by atoms with Crippen molar-refractivity contribution in [1.82, 2.24) is 4.98 Å². The van der Waals surface area contributed by atoms with Crippen molar-refractivity contribution < 1.29 is 23.8 Å². The number of ether oxygens (including phenoxy) is 2. The van der Waals surface area contributed by atoms with E-state index in [1.54, 1.807) is 19.5 Å². The van der Waals surface area contributed by atoms with Gasteiger partial charge in [0.15, 0.2) is 11.5 Å². The number of benzene rings is 2. The third kappa shape index (κ3) is 4.99. The predicted octanol–water partition coefficient (Wildman–Crippen LogP) is 5.59. The first kappa shape index (κ1) is 21.6. The molecule has 0 radical (unpaired) electrons. The van der Waals surface area contributed by atoms with Crippen molar-refractivity contribution in [2.24, 2.45) is 0 Å². The predicted molar refractivity (Wildman–Crippen MR) is 119 cm³/mol. The van der Waals surface area contributed by atoms with Crippen molar-refractivity contribution >= 4 is 17.3 Å². The summed E-state index contributed by atoms with van der Waals surface area (Å²) >= 11 is 0. The zero-order valence-corrected chi connectivity index (χ0v) is 17.8. The number of aromatic carboxylic acids is 1. The van der Waals surface area contributed by atoms with E-state index in [9.17, 15) is 14.3 Å². The number of nitrogens with zero attached hydrogens (tertiary/aromatic N) is 2. The molecule has 1 aliphatic rings. The lowest BCUT2D eigenvalue weighted by Crippen LogP contribution is -2.18. The summed E-state index contributed by atoms with van der Waals surface area (Å²) in [4.78, 5) is 17.5. The van der Waals surface area contributed by atoms with E-state index in [1.807, 2.05) is 35.2 Å². The summed E-state index contributed by atoms with van der Waals surface area (Å²) in [6, 6.07) is 13.1. The molecule has 0 bridgehead atoms. The minimum Gasteiger partial charge on any atom is -0.493 e. The summed E-state index contributed by atoms with van der Waals surface area (Å²) in [7, 11) is 1.59. The molecule has 1 aromatic heterocycles. The van der Waals surface area contributed by atoms with Crippen LogP contribution in [-0.2, 0) is 6.54 Å². The van der Waals surface area contributed by atoms with E-state index in [4.69, 9.17) is 9.47 Å². The number of carboxylic acids is 1. The van der Waals surface area contributed by atoms with Crippen molar-refractivity contribution in [2.45, 2.75) is 38.3 Å². The van der Waals surface area contributed by atoms with Gasteiger partial charge in [0.1, 0.15) is 5.82 Å². The average molecular weight is 436 g/mol. The van der Waals surface area contributed by atoms with Gasteiger partial charge >= 0.3 is 5.97 Å². The number of carbonyl (C=O) groups is 1. The van der Waals surface area contributed by atoms with Crippen LogP contribution >= 0.6 is 0 Å². The Morgan fingerprint density at radius 2 is 1.94 bits per heavy atom. The Bertz CT molecular complexity index is 1080. The molecule has 1 saturated carbocycles. The van der Waals surface area contributed by atoms with Gasteiger partial charge in [-0.1, -0.05) is 6.07 Å². The maximum absolute atomic E-state index is 14.3. The first-order valence-electron chi connectivity index (χ1n) is 10.6. The summed E-state index contributed by atoms with van der Waals surface area (Å²) in [5.41, 5.74) is 1.92. The zero-order valence-electron chi connectivity index (χ0n) is 17.8. The molecule has 0 amide bonds. The van der Waals surface area contributed by atoms with Crippen LogP contribution in [-0.4, -0.2) is 29.3 Å². The molecule has 4 rings (SSSR count). The van der Waals surface area contributed by atoms with Gasteiger partial charge in [0, 0.05) is 36.4 Å². The Hall–Kier alpha value is -3.61. The molecule has 0 saturated heterocycles. The lowest BCUT2D eigenvalue weighted by atomic mass is 10.1. The maximum atomic E-state index is 14.3. The van der Waals surface area contributed by atoms with Crippen LogP contribution < -0.4 is 14.4 Å². The van der Waals surface area contributed by atoms with Crippen molar-refractivity contribution in [3.8, 4) is 11.5 Å². The molecule has 0 atom stereocenters. The number of pyridine rings is 1. The van der Waals surface area contributed by atoms with Crippen LogP contribution in [0.1, 0.15) is 41.6 Å². The van der Waals surface area contributed by atoms with E-state index >= 15 is 0 Å². The van der Waals surface area contributed by atoms with E-state index in [0.717, 1.165) is 43.0 Å². The number of carboxylic acid groups (broad SMARTS) is 1. The molecule has 0 spiro atoms. The van der Waals surface area contributed by atoms with Crippen molar-refractivity contribution in [1.29, 1.82) is 0 Å². The highest BCUT2D eigenvalue weighted by molar-refractivity contribution is 5.89. The maximum Gasteiger partial charge on any atom is 0.335 e. The molecule has 1 fully saturated rings. The quantitative estimate of drug-likeness (QED) is 0.497. The lowest BCUT2D eigenvalue weighted by Gasteiger charge is -2.27. The van der Waals surface area contributed by atoms with Crippen LogP contribution in [0.15, 0.2) is 60.9 Å². The fourth-order valence-corrected chi connectivity index (χ4v) is 3.97. The van der Waals surface area contributed by atoms with Gasteiger partial charge in [-0.3, -0.25) is 4.98 Å². The van der Waals surface area contributed by atoms with Gasteiger partial charge in [-0.05, 0) is 67.6 Å². The molecule has 3 aromatic rings. The first-order chi connectivity index (χ1) is 15.5. The van der Waals surface area contributed by atoms with Crippen molar-refractivity contribution in [3.63, 3.8) is 0 Å². The van der Waals surface area contributed by atoms with Gasteiger partial charge in [0.05, 0.1) is 18.8 Å². The number of anilines is 2. The monoisotopic (exact) mass is 436 g/mol. The molecule has 1 aliphatic carbocycles. The second-order valence-corrected chi connectivity index (χ2v) is 7.81. The molecule has 0 aliphatic heterocycles. The molecular formula is C25H25FN2O4. The number of rotatable bonds is 8. The Morgan fingerprint density at radius 1 is 1.12 bits per heavy atom. The number of methoxy groups -OCH3 is 1. The number of hydrogen-bond donors (Lipinski definition) is 1. The molecule has 32 heavy (non-hydrogen) atoms. The summed E-state index contributed by atoms with van der Waals surface area (Å²) < 4.78 is 26.0. The van der Waals surface area contributed by atoms with Gasteiger partial charge in [-0.2, -0.15) is 0 Å². The van der Waals surface area contributed by atoms with Gasteiger partial charge in [-0.15, -0.1) is 0 Å². The molecule has 166 valence electrons. The number of aromatic nitrogens is 1. The van der Waals surface area contributed by atoms with Gasteiger partial charge < -0.3 is 19.5 Å². The molecule has 6 nitrogen and oxygen atoms in total. The number of hydrogen-bond acceptors (Lipinski definition) is 5. The summed E-state index contributed by atoms with van der Waals surface area (Å²) in [6.45, 7) is 0.367. The minimum absolute atomic E-state index is 0.118. The highest BCUT2D eigenvalue weighted by Crippen LogP contribution is 2.38. The van der Waals surface area contributed by atoms with Crippen LogP contribution in [0.4, 0.5) is 15.8 Å². The van der Waals surface area contributed by atoms with E-state index in [0.29, 0.717) is 23.7 Å². The fourth-order valence-electron chi connectivity index (χ4n) is 3.97. The number of halogens is 1. The van der Waals surface area contributed by atoms with Crippen molar-refractivity contribution in [2.75, 3.05) is 12.0 Å². The van der Waals surface area contributed by atoms with Crippen LogP contribution in [0.25, 0.3) is 0 Å². The Balaban J connectivity index is 1.77. The highest BCUT2D eigenvalue weighted by atomic mass is 19.1. The Labute approximate surface area is 186 Å². The summed E-state index contributed by atoms with van der Waals surface area (Å²) in [5, 5.41) is 9.42. The average Bonchev–Trinajstić information content (AvgIpc) is 3.31. The smallest absolute Gasteiger partial charge is 0.335 e. The largest absolute Gasteiger partial charge is 0.493 e. The van der Waals surface area contributed by atoms with E-state index < -0.39 is 11.8 Å². The zero-order chi connectivity index (χ0) is 22.5. The molecule has 1 heterocycles. The highest BCUT2D eigenvalue weighted by Gasteiger charge is 2.21. The fraction of sp³-hybridized carbons (Fsp3) is 0.280. The molecular weight excluding hydrogens is 411 g/mol. The van der Waals surface area contributed by atoms with Crippen molar-refractivity contribution in [3.05, 3.63) is 77.9 Å². The van der Waals surface area contributed by atoms with Crippen LogP contribution in [0, 0.1) is 5.82 Å². The summed E-state index contributed by atoms with van der Waals surface area (Å²) in [6.07, 6.45) is 7.82. The molecule has 0 unspecified atom stereocenters. The van der Waals surface area contributed by atoms with Gasteiger partial charge in [0.2, 0.25) is 0 Å². The Morgan fingerprint density at radius 3 is 2.62 bits per heavy atom. The van der Waals surface area contributed by atoms with Crippen LogP contribution in [0.2, 0.25) is 0 Å². The van der Waals surface area contributed by atoms with Crippen LogP contribution in [0.5, 0.6) is 11.5 Å². The summed E-state index contributed by atoms with van der Waals surface area (Å²) in [5.74, 6) is -0.575. The van der Waals surface area contributed by atoms with Gasteiger partial charge in [0.25, 0.3) is 0 Å². The third-order valence-electron chi connectivity index (χ3n) is 5.56. The normalized spacial score (nSPS) is 13.7. The molecule has 1 N–H and O–H groups in total. The SMILES string of the molecule is COc1ccc(N(Cc2cccnc2)c2cc(F)cc(C(=O)O)c2)cc1OC1CCCC1. The molecule has 7 heteroatoms. The van der Waals surface area contributed by atoms with E-state index in [2.05, 4.69) is 4.98 Å². The van der Waals surface area contributed by atoms with Crippen LogP contribution in [0.3, 0.4) is 0 Å². The topological polar surface area (TPSA) is 71.9 Å². The third-order valence-corrected chi connectivity index (χ3v) is 5.56. The lowest BCUT2D eigenvalue weighted by molar-refractivity contribution is 0.0696. The van der Waals surface area contributed by atoms with E-state index in [1.165, 1.54) is 12.1 Å². The second-order valence-electron chi connectivity index (χ2n) is 7.81. The molecule has 2 aromatic carbocycles.